The molecule has 0 spiro atoms. The van der Waals surface area contributed by atoms with Gasteiger partial charge >= 0.3 is 5.97 Å². The van der Waals surface area contributed by atoms with E-state index in [1.54, 1.807) is 6.08 Å². The smallest absolute Gasteiger partial charge is 0.331 e. The fourth-order valence-corrected chi connectivity index (χ4v) is 1.51. The molecule has 1 aromatic rings. The van der Waals surface area contributed by atoms with E-state index < -0.39 is 18.2 Å². The third-order valence-corrected chi connectivity index (χ3v) is 2.40. The zero-order valence-corrected chi connectivity index (χ0v) is 8.38. The van der Waals surface area contributed by atoms with E-state index >= 15 is 0 Å². The first kappa shape index (κ1) is 9.93. The summed E-state index contributed by atoms with van der Waals surface area (Å²) in [5.41, 5.74) is 1.88. The van der Waals surface area contributed by atoms with Gasteiger partial charge in [-0.2, -0.15) is 0 Å². The van der Waals surface area contributed by atoms with E-state index in [0.29, 0.717) is 0 Å². The highest BCUT2D eigenvalue weighted by atomic mass is 16.6. The SMILES string of the molecule is Cc1ccc([C@H](O)[C@H]2C=CC(=O)O2)cc1. The number of esters is 1. The highest BCUT2D eigenvalue weighted by Gasteiger charge is 2.25. The van der Waals surface area contributed by atoms with Crippen LogP contribution in [0.25, 0.3) is 0 Å². The first-order valence-corrected chi connectivity index (χ1v) is 4.80. The maximum absolute atomic E-state index is 10.8. The van der Waals surface area contributed by atoms with Crippen LogP contribution in [-0.2, 0) is 9.53 Å². The number of aliphatic hydroxyl groups excluding tert-OH is 1. The summed E-state index contributed by atoms with van der Waals surface area (Å²) < 4.78 is 4.91. The highest BCUT2D eigenvalue weighted by Crippen LogP contribution is 2.23. The zero-order chi connectivity index (χ0) is 10.8. The summed E-state index contributed by atoms with van der Waals surface area (Å²) in [6.45, 7) is 1.98. The Hall–Kier alpha value is -1.61. The molecule has 0 saturated carbocycles. The van der Waals surface area contributed by atoms with Gasteiger partial charge < -0.3 is 9.84 Å². The number of aryl methyl sites for hydroxylation is 1. The molecule has 0 unspecified atom stereocenters. The highest BCUT2D eigenvalue weighted by molar-refractivity contribution is 5.84. The van der Waals surface area contributed by atoms with E-state index in [2.05, 4.69) is 0 Å². The van der Waals surface area contributed by atoms with Crippen molar-refractivity contribution in [2.45, 2.75) is 19.1 Å². The molecule has 0 amide bonds. The lowest BCUT2D eigenvalue weighted by Gasteiger charge is -2.16. The second-order valence-corrected chi connectivity index (χ2v) is 3.62. The van der Waals surface area contributed by atoms with Gasteiger partial charge in [0.2, 0.25) is 0 Å². The number of carbonyl (C=O) groups is 1. The van der Waals surface area contributed by atoms with Crippen LogP contribution in [-0.4, -0.2) is 17.2 Å². The number of carbonyl (C=O) groups excluding carboxylic acids is 1. The number of aliphatic hydroxyl groups is 1. The molecule has 0 bridgehead atoms. The minimum Gasteiger partial charge on any atom is -0.452 e. The van der Waals surface area contributed by atoms with E-state index in [1.807, 2.05) is 31.2 Å². The third-order valence-electron chi connectivity index (χ3n) is 2.40. The molecule has 0 aromatic heterocycles. The molecular formula is C12H12O3. The van der Waals surface area contributed by atoms with Crippen LogP contribution in [0.4, 0.5) is 0 Å². The van der Waals surface area contributed by atoms with Gasteiger partial charge in [-0.15, -0.1) is 0 Å². The number of hydrogen-bond acceptors (Lipinski definition) is 3. The molecule has 1 aliphatic rings. The number of ether oxygens (including phenoxy) is 1. The Morgan fingerprint density at radius 3 is 2.53 bits per heavy atom. The molecule has 78 valence electrons. The third kappa shape index (κ3) is 2.07. The average Bonchev–Trinajstić information content (AvgIpc) is 2.65. The molecule has 0 saturated heterocycles. The molecule has 15 heavy (non-hydrogen) atoms. The van der Waals surface area contributed by atoms with Gasteiger partial charge in [0.25, 0.3) is 0 Å². The van der Waals surface area contributed by atoms with Crippen molar-refractivity contribution in [1.29, 1.82) is 0 Å². The van der Waals surface area contributed by atoms with Crippen molar-refractivity contribution in [2.75, 3.05) is 0 Å². The molecule has 0 aliphatic carbocycles. The molecule has 2 atom stereocenters. The molecule has 2 rings (SSSR count). The van der Waals surface area contributed by atoms with Crippen LogP contribution in [0.2, 0.25) is 0 Å². The molecule has 1 heterocycles. The molecule has 3 nitrogen and oxygen atoms in total. The summed E-state index contributed by atoms with van der Waals surface area (Å²) in [4.78, 5) is 10.8. The second kappa shape index (κ2) is 3.87. The van der Waals surface area contributed by atoms with Gasteiger partial charge in [-0.3, -0.25) is 0 Å². The van der Waals surface area contributed by atoms with Gasteiger partial charge in [-0.05, 0) is 18.6 Å². The van der Waals surface area contributed by atoms with Crippen LogP contribution >= 0.6 is 0 Å². The summed E-state index contributed by atoms with van der Waals surface area (Å²) in [6.07, 6.45) is 1.57. The van der Waals surface area contributed by atoms with Crippen LogP contribution in [0.3, 0.4) is 0 Å². The Kier molecular flexibility index (Phi) is 2.56. The maximum atomic E-state index is 10.8. The first-order valence-electron chi connectivity index (χ1n) is 4.80. The van der Waals surface area contributed by atoms with Crippen molar-refractivity contribution in [3.8, 4) is 0 Å². The van der Waals surface area contributed by atoms with E-state index in [-0.39, 0.29) is 0 Å². The summed E-state index contributed by atoms with van der Waals surface area (Å²) in [6, 6.07) is 7.50. The molecule has 3 heteroatoms. The lowest BCUT2D eigenvalue weighted by Crippen LogP contribution is -2.18. The standard InChI is InChI=1S/C12H12O3/c1-8-2-4-9(5-3-8)12(14)10-6-7-11(13)15-10/h2-7,10,12,14H,1H3/t10-,12+/m1/s1. The van der Waals surface area contributed by atoms with Crippen molar-refractivity contribution >= 4 is 5.97 Å². The summed E-state index contributed by atoms with van der Waals surface area (Å²) >= 11 is 0. The largest absolute Gasteiger partial charge is 0.452 e. The number of hydrogen-bond donors (Lipinski definition) is 1. The Bertz CT molecular complexity index is 392. The van der Waals surface area contributed by atoms with Crippen molar-refractivity contribution in [3.63, 3.8) is 0 Å². The van der Waals surface area contributed by atoms with E-state index in [4.69, 9.17) is 4.74 Å². The van der Waals surface area contributed by atoms with Crippen molar-refractivity contribution in [3.05, 3.63) is 47.5 Å². The van der Waals surface area contributed by atoms with Crippen LogP contribution in [0.15, 0.2) is 36.4 Å². The van der Waals surface area contributed by atoms with Crippen molar-refractivity contribution in [1.82, 2.24) is 0 Å². The molecule has 0 fully saturated rings. The summed E-state index contributed by atoms with van der Waals surface area (Å²) in [5, 5.41) is 9.90. The van der Waals surface area contributed by atoms with E-state index in [1.165, 1.54) is 6.08 Å². The maximum Gasteiger partial charge on any atom is 0.331 e. The lowest BCUT2D eigenvalue weighted by molar-refractivity contribution is -0.142. The van der Waals surface area contributed by atoms with Crippen LogP contribution in [0.1, 0.15) is 17.2 Å². The Morgan fingerprint density at radius 1 is 1.33 bits per heavy atom. The van der Waals surface area contributed by atoms with Crippen LogP contribution in [0.5, 0.6) is 0 Å². The van der Waals surface area contributed by atoms with Gasteiger partial charge in [0.15, 0.2) is 6.10 Å². The van der Waals surface area contributed by atoms with E-state index in [9.17, 15) is 9.90 Å². The van der Waals surface area contributed by atoms with Gasteiger partial charge in [0.05, 0.1) is 0 Å². The summed E-state index contributed by atoms with van der Waals surface area (Å²) in [5.74, 6) is -0.397. The predicted molar refractivity (Wildman–Crippen MR) is 55.2 cm³/mol. The Morgan fingerprint density at radius 2 is 2.00 bits per heavy atom. The number of cyclic esters (lactones) is 1. The van der Waals surface area contributed by atoms with Gasteiger partial charge in [0, 0.05) is 6.08 Å². The molecule has 1 N–H and O–H groups in total. The monoisotopic (exact) mass is 204 g/mol. The molecular weight excluding hydrogens is 192 g/mol. The molecule has 0 radical (unpaired) electrons. The van der Waals surface area contributed by atoms with Crippen LogP contribution < -0.4 is 0 Å². The summed E-state index contributed by atoms with van der Waals surface area (Å²) in [7, 11) is 0. The number of rotatable bonds is 2. The van der Waals surface area contributed by atoms with Gasteiger partial charge in [-0.1, -0.05) is 29.8 Å². The Labute approximate surface area is 88.0 Å². The predicted octanol–water partition coefficient (Wildman–Crippen LogP) is 1.51. The Balaban J connectivity index is 2.14. The van der Waals surface area contributed by atoms with Gasteiger partial charge in [0.1, 0.15) is 6.10 Å². The minimum atomic E-state index is -0.784. The quantitative estimate of drug-likeness (QED) is 0.743. The van der Waals surface area contributed by atoms with Crippen LogP contribution in [0, 0.1) is 6.92 Å². The first-order chi connectivity index (χ1) is 7.16. The van der Waals surface area contributed by atoms with E-state index in [0.717, 1.165) is 11.1 Å². The fourth-order valence-electron chi connectivity index (χ4n) is 1.51. The van der Waals surface area contributed by atoms with Gasteiger partial charge in [-0.25, -0.2) is 4.79 Å². The zero-order valence-electron chi connectivity index (χ0n) is 8.38. The topological polar surface area (TPSA) is 46.5 Å². The minimum absolute atomic E-state index is 0.397. The average molecular weight is 204 g/mol. The normalized spacial score (nSPS) is 21.5. The molecule has 1 aliphatic heterocycles. The fraction of sp³-hybridized carbons (Fsp3) is 0.250. The van der Waals surface area contributed by atoms with Crippen molar-refractivity contribution < 1.29 is 14.6 Å². The number of benzene rings is 1. The molecule has 1 aromatic carbocycles. The van der Waals surface area contributed by atoms with Crippen molar-refractivity contribution in [2.24, 2.45) is 0 Å². The lowest BCUT2D eigenvalue weighted by atomic mass is 10.0. The second-order valence-electron chi connectivity index (χ2n) is 3.62.